The summed E-state index contributed by atoms with van der Waals surface area (Å²) in [5.41, 5.74) is 4.73. The highest BCUT2D eigenvalue weighted by molar-refractivity contribution is 6.27. The molecule has 1 saturated heterocycles. The van der Waals surface area contributed by atoms with Crippen molar-refractivity contribution in [1.82, 2.24) is 19.7 Å². The van der Waals surface area contributed by atoms with Crippen molar-refractivity contribution in [2.45, 2.75) is 78.9 Å². The van der Waals surface area contributed by atoms with Crippen LogP contribution in [0.5, 0.6) is 0 Å². The standard InChI is InChI=1S/C24H36N6O2/c1-14(2)20-15(3)26-30(16(20)4)19-12-17-13-28(8)27-22(17)25-21(19)18-10-9-11-29(18)23(31)32-24(5,6)7/h12,14,17-18H,9-11,13H2,1-8H3. The second-order valence-corrected chi connectivity index (χ2v) is 10.4. The molecule has 1 aromatic heterocycles. The number of aromatic nitrogens is 2. The summed E-state index contributed by atoms with van der Waals surface area (Å²) < 4.78 is 7.75. The molecule has 4 heterocycles. The lowest BCUT2D eigenvalue weighted by Crippen LogP contribution is -2.45. The lowest BCUT2D eigenvalue weighted by atomic mass is 9.96. The van der Waals surface area contributed by atoms with Crippen LogP contribution in [0.15, 0.2) is 16.2 Å². The molecule has 0 aliphatic carbocycles. The van der Waals surface area contributed by atoms with E-state index in [1.807, 2.05) is 42.4 Å². The number of hydrogen-bond donors (Lipinski definition) is 0. The van der Waals surface area contributed by atoms with E-state index in [4.69, 9.17) is 14.8 Å². The lowest BCUT2D eigenvalue weighted by Gasteiger charge is -2.31. The van der Waals surface area contributed by atoms with Crippen molar-refractivity contribution in [3.8, 4) is 0 Å². The van der Waals surface area contributed by atoms with Crippen molar-refractivity contribution in [2.75, 3.05) is 20.1 Å². The highest BCUT2D eigenvalue weighted by Gasteiger charge is 2.40. The Bertz CT molecular complexity index is 1010. The summed E-state index contributed by atoms with van der Waals surface area (Å²) in [5.74, 6) is 1.32. The Hall–Kier alpha value is -2.64. The number of rotatable bonds is 3. The van der Waals surface area contributed by atoms with E-state index in [1.165, 1.54) is 5.56 Å². The van der Waals surface area contributed by atoms with Crippen LogP contribution in [0.2, 0.25) is 0 Å². The number of fused-ring (bicyclic) bond motifs is 1. The highest BCUT2D eigenvalue weighted by atomic mass is 16.6. The third-order valence-corrected chi connectivity index (χ3v) is 6.27. The number of ether oxygens (including phenoxy) is 1. The first-order valence-corrected chi connectivity index (χ1v) is 11.6. The van der Waals surface area contributed by atoms with E-state index < -0.39 is 5.60 Å². The van der Waals surface area contributed by atoms with Gasteiger partial charge in [-0.25, -0.2) is 14.5 Å². The number of hydrazone groups is 1. The van der Waals surface area contributed by atoms with Crippen LogP contribution < -0.4 is 0 Å². The normalized spacial score (nSPS) is 23.3. The minimum Gasteiger partial charge on any atom is -0.444 e. The molecule has 0 saturated carbocycles. The Morgan fingerprint density at radius 3 is 2.59 bits per heavy atom. The first-order valence-electron chi connectivity index (χ1n) is 11.6. The first-order chi connectivity index (χ1) is 15.0. The van der Waals surface area contributed by atoms with Gasteiger partial charge in [0, 0.05) is 25.8 Å². The molecule has 2 unspecified atom stereocenters. The van der Waals surface area contributed by atoms with Crippen LogP contribution in [0.4, 0.5) is 4.79 Å². The summed E-state index contributed by atoms with van der Waals surface area (Å²) in [7, 11) is 1.97. The van der Waals surface area contributed by atoms with Crippen molar-refractivity contribution in [2.24, 2.45) is 16.0 Å². The minimum atomic E-state index is -0.539. The summed E-state index contributed by atoms with van der Waals surface area (Å²) in [6.07, 6.45) is 3.71. The van der Waals surface area contributed by atoms with E-state index in [9.17, 15) is 4.79 Å². The maximum Gasteiger partial charge on any atom is 0.410 e. The van der Waals surface area contributed by atoms with Gasteiger partial charge in [-0.15, -0.1) is 0 Å². The number of hydrogen-bond acceptors (Lipinski definition) is 6. The molecule has 0 bridgehead atoms. The highest BCUT2D eigenvalue weighted by Crippen LogP contribution is 2.33. The zero-order valence-electron chi connectivity index (χ0n) is 20.6. The molecular formula is C24H36N6O2. The molecule has 8 nitrogen and oxygen atoms in total. The molecule has 1 aromatic rings. The molecule has 1 amide bonds. The zero-order chi connectivity index (χ0) is 23.4. The number of aliphatic imine (C=N–C) groups is 1. The molecule has 0 spiro atoms. The van der Waals surface area contributed by atoms with Crippen LogP contribution in [0, 0.1) is 19.8 Å². The van der Waals surface area contributed by atoms with Gasteiger partial charge in [0.25, 0.3) is 0 Å². The van der Waals surface area contributed by atoms with Gasteiger partial charge in [0.15, 0.2) is 5.84 Å². The molecular weight excluding hydrogens is 404 g/mol. The van der Waals surface area contributed by atoms with Gasteiger partial charge in [0.1, 0.15) is 5.60 Å². The van der Waals surface area contributed by atoms with Crippen LogP contribution in [0.1, 0.15) is 70.3 Å². The smallest absolute Gasteiger partial charge is 0.410 e. The SMILES string of the molecule is Cc1nn(C2=CC3CN(C)N=C3N=C2C2CCCN2C(=O)OC(C)(C)C)c(C)c1C(C)C. The van der Waals surface area contributed by atoms with Crippen LogP contribution >= 0.6 is 0 Å². The molecule has 8 heteroatoms. The number of aryl methyl sites for hydroxylation is 1. The summed E-state index contributed by atoms with van der Waals surface area (Å²) >= 11 is 0. The predicted octanol–water partition coefficient (Wildman–Crippen LogP) is 4.19. The Labute approximate surface area is 191 Å². The van der Waals surface area contributed by atoms with Crippen molar-refractivity contribution in [1.29, 1.82) is 0 Å². The number of dihydropyridines is 1. The molecule has 3 aliphatic heterocycles. The van der Waals surface area contributed by atoms with E-state index in [0.717, 1.165) is 48.0 Å². The Morgan fingerprint density at radius 1 is 1.25 bits per heavy atom. The van der Waals surface area contributed by atoms with Gasteiger partial charge in [0.05, 0.1) is 29.1 Å². The van der Waals surface area contributed by atoms with Gasteiger partial charge < -0.3 is 4.74 Å². The maximum absolute atomic E-state index is 13.0. The molecule has 2 atom stereocenters. The van der Waals surface area contributed by atoms with Gasteiger partial charge in [-0.05, 0) is 65.0 Å². The molecule has 0 radical (unpaired) electrons. The number of likely N-dealkylation sites (tertiary alicyclic amines) is 1. The van der Waals surface area contributed by atoms with E-state index in [-0.39, 0.29) is 18.1 Å². The van der Waals surface area contributed by atoms with Crippen molar-refractivity contribution in [3.05, 3.63) is 23.0 Å². The average molecular weight is 441 g/mol. The van der Waals surface area contributed by atoms with Gasteiger partial charge in [0.2, 0.25) is 0 Å². The minimum absolute atomic E-state index is 0.126. The number of carbonyl (C=O) groups is 1. The van der Waals surface area contributed by atoms with Crippen molar-refractivity contribution < 1.29 is 9.53 Å². The third-order valence-electron chi connectivity index (χ3n) is 6.27. The second kappa shape index (κ2) is 8.05. The van der Waals surface area contributed by atoms with Gasteiger partial charge >= 0.3 is 6.09 Å². The monoisotopic (exact) mass is 440 g/mol. The Balaban J connectivity index is 1.77. The molecule has 3 aliphatic rings. The summed E-state index contributed by atoms with van der Waals surface area (Å²) in [6.45, 7) is 15.7. The van der Waals surface area contributed by atoms with E-state index in [2.05, 4.69) is 38.9 Å². The molecule has 0 N–H and O–H groups in total. The van der Waals surface area contributed by atoms with Crippen LogP contribution in [-0.4, -0.2) is 69.1 Å². The predicted molar refractivity (Wildman–Crippen MR) is 127 cm³/mol. The summed E-state index contributed by atoms with van der Waals surface area (Å²) in [4.78, 5) is 19.9. The van der Waals surface area contributed by atoms with Crippen molar-refractivity contribution in [3.63, 3.8) is 0 Å². The lowest BCUT2D eigenvalue weighted by molar-refractivity contribution is 0.0266. The summed E-state index contributed by atoms with van der Waals surface area (Å²) in [5, 5.41) is 11.5. The quantitative estimate of drug-likeness (QED) is 0.706. The fourth-order valence-corrected chi connectivity index (χ4v) is 5.08. The number of amides is 1. The van der Waals surface area contributed by atoms with E-state index >= 15 is 0 Å². The largest absolute Gasteiger partial charge is 0.444 e. The number of nitrogens with zero attached hydrogens (tertiary/aromatic N) is 6. The second-order valence-electron chi connectivity index (χ2n) is 10.4. The average Bonchev–Trinajstić information content (AvgIpc) is 3.34. The van der Waals surface area contributed by atoms with E-state index in [1.54, 1.807) is 0 Å². The number of amidine groups is 1. The molecule has 4 rings (SSSR count). The van der Waals surface area contributed by atoms with Crippen LogP contribution in [0.3, 0.4) is 0 Å². The zero-order valence-corrected chi connectivity index (χ0v) is 20.6. The Morgan fingerprint density at radius 2 is 1.97 bits per heavy atom. The topological polar surface area (TPSA) is 75.3 Å². The molecule has 32 heavy (non-hydrogen) atoms. The van der Waals surface area contributed by atoms with Crippen LogP contribution in [-0.2, 0) is 4.74 Å². The molecule has 1 fully saturated rings. The van der Waals surface area contributed by atoms with Gasteiger partial charge in [-0.2, -0.15) is 10.2 Å². The van der Waals surface area contributed by atoms with Gasteiger partial charge in [-0.3, -0.25) is 9.91 Å². The molecule has 0 aromatic carbocycles. The fraction of sp³-hybridized carbons (Fsp3) is 0.667. The third kappa shape index (κ3) is 4.07. The van der Waals surface area contributed by atoms with Gasteiger partial charge in [-0.1, -0.05) is 13.8 Å². The van der Waals surface area contributed by atoms with Crippen molar-refractivity contribution >= 4 is 23.3 Å². The first kappa shape index (κ1) is 22.6. The Kier molecular flexibility index (Phi) is 5.67. The fourth-order valence-electron chi connectivity index (χ4n) is 5.08. The van der Waals surface area contributed by atoms with Crippen LogP contribution in [0.25, 0.3) is 5.70 Å². The maximum atomic E-state index is 13.0. The number of carbonyl (C=O) groups excluding carboxylic acids is 1. The molecule has 174 valence electrons. The summed E-state index contributed by atoms with van der Waals surface area (Å²) in [6, 6.07) is -0.155. The van der Waals surface area contributed by atoms with E-state index in [0.29, 0.717) is 12.5 Å².